The third-order valence-corrected chi connectivity index (χ3v) is 3.45. The number of carbonyl (C=O) groups is 2. The van der Waals surface area contributed by atoms with E-state index in [1.54, 1.807) is 42.7 Å². The normalized spacial score (nSPS) is 11.6. The number of nitriles is 1. The smallest absolute Gasteiger partial charge is 0.313 e. The molecule has 2 amide bonds. The third kappa shape index (κ3) is 4.21. The number of nitrogens with zero attached hydrogens (tertiary/aromatic N) is 2. The SMILES string of the molecule is CN(C)[C@H](CNC(=O)C(=O)Nc1ccccc1C#N)c1ccco1. The van der Waals surface area contributed by atoms with Crippen LogP contribution in [0.2, 0.25) is 0 Å². The minimum atomic E-state index is -0.824. The van der Waals surface area contributed by atoms with E-state index in [0.717, 1.165) is 0 Å². The first-order chi connectivity index (χ1) is 11.5. The number of anilines is 1. The van der Waals surface area contributed by atoms with Crippen LogP contribution in [-0.4, -0.2) is 37.4 Å². The summed E-state index contributed by atoms with van der Waals surface area (Å²) in [5.74, 6) is -0.911. The number of furan rings is 1. The second-order valence-electron chi connectivity index (χ2n) is 5.32. The number of nitrogens with one attached hydrogen (secondary N) is 2. The molecule has 2 rings (SSSR count). The second kappa shape index (κ2) is 7.94. The Kier molecular flexibility index (Phi) is 5.71. The van der Waals surface area contributed by atoms with Gasteiger partial charge in [-0.2, -0.15) is 5.26 Å². The molecular weight excluding hydrogens is 308 g/mol. The first-order valence-electron chi connectivity index (χ1n) is 7.31. The number of rotatable bonds is 5. The molecule has 0 fully saturated rings. The van der Waals surface area contributed by atoms with Crippen LogP contribution in [0.3, 0.4) is 0 Å². The van der Waals surface area contributed by atoms with Gasteiger partial charge in [-0.15, -0.1) is 0 Å². The van der Waals surface area contributed by atoms with Crippen LogP contribution in [0.4, 0.5) is 5.69 Å². The zero-order valence-electron chi connectivity index (χ0n) is 13.4. The van der Waals surface area contributed by atoms with Crippen LogP contribution in [0.1, 0.15) is 17.4 Å². The Balaban J connectivity index is 1.96. The van der Waals surface area contributed by atoms with Crippen LogP contribution in [0, 0.1) is 11.3 Å². The zero-order chi connectivity index (χ0) is 17.5. The van der Waals surface area contributed by atoms with Crippen LogP contribution < -0.4 is 10.6 Å². The van der Waals surface area contributed by atoms with Crippen molar-refractivity contribution < 1.29 is 14.0 Å². The summed E-state index contributed by atoms with van der Waals surface area (Å²) in [4.78, 5) is 25.8. The van der Waals surface area contributed by atoms with Crippen molar-refractivity contribution in [2.24, 2.45) is 0 Å². The second-order valence-corrected chi connectivity index (χ2v) is 5.32. The number of hydrogen-bond acceptors (Lipinski definition) is 5. The Morgan fingerprint density at radius 1 is 1.21 bits per heavy atom. The molecule has 2 N–H and O–H groups in total. The van der Waals surface area contributed by atoms with Gasteiger partial charge in [0.05, 0.1) is 23.6 Å². The zero-order valence-corrected chi connectivity index (χ0v) is 13.4. The molecule has 24 heavy (non-hydrogen) atoms. The lowest BCUT2D eigenvalue weighted by Crippen LogP contribution is -2.40. The quantitative estimate of drug-likeness (QED) is 0.812. The van der Waals surface area contributed by atoms with Gasteiger partial charge >= 0.3 is 11.8 Å². The summed E-state index contributed by atoms with van der Waals surface area (Å²) in [7, 11) is 3.70. The highest BCUT2D eigenvalue weighted by molar-refractivity contribution is 6.39. The van der Waals surface area contributed by atoms with Crippen molar-refractivity contribution in [3.63, 3.8) is 0 Å². The van der Waals surface area contributed by atoms with Gasteiger partial charge in [-0.25, -0.2) is 0 Å². The van der Waals surface area contributed by atoms with E-state index in [1.807, 2.05) is 25.1 Å². The summed E-state index contributed by atoms with van der Waals surface area (Å²) in [6.07, 6.45) is 1.55. The van der Waals surface area contributed by atoms with Gasteiger partial charge in [0.1, 0.15) is 11.8 Å². The fourth-order valence-electron chi connectivity index (χ4n) is 2.16. The maximum atomic E-state index is 12.0. The Morgan fingerprint density at radius 2 is 1.96 bits per heavy atom. The van der Waals surface area contributed by atoms with E-state index in [2.05, 4.69) is 10.6 Å². The van der Waals surface area contributed by atoms with Gasteiger partial charge in [0.15, 0.2) is 0 Å². The van der Waals surface area contributed by atoms with Crippen molar-refractivity contribution in [2.75, 3.05) is 26.0 Å². The van der Waals surface area contributed by atoms with E-state index in [0.29, 0.717) is 17.0 Å². The predicted molar refractivity (Wildman–Crippen MR) is 87.9 cm³/mol. The van der Waals surface area contributed by atoms with Crippen LogP contribution in [0.25, 0.3) is 0 Å². The molecule has 0 spiro atoms. The largest absolute Gasteiger partial charge is 0.468 e. The minimum absolute atomic E-state index is 0.192. The van der Waals surface area contributed by atoms with Gasteiger partial charge < -0.3 is 15.1 Å². The molecule has 7 nitrogen and oxygen atoms in total. The Labute approximate surface area is 139 Å². The lowest BCUT2D eigenvalue weighted by Gasteiger charge is -2.22. The average Bonchev–Trinajstić information content (AvgIpc) is 3.09. The molecule has 1 aromatic carbocycles. The van der Waals surface area contributed by atoms with Gasteiger partial charge in [0.25, 0.3) is 0 Å². The molecule has 1 heterocycles. The molecule has 0 aliphatic rings. The molecule has 0 aliphatic heterocycles. The topological polar surface area (TPSA) is 98.4 Å². The number of benzene rings is 1. The standard InChI is InChI=1S/C17H18N4O3/c1-21(2)14(15-8-5-9-24-15)11-19-16(22)17(23)20-13-7-4-3-6-12(13)10-18/h3-9,14H,11H2,1-2H3,(H,19,22)(H,20,23)/t14-/m1/s1. The van der Waals surface area contributed by atoms with Gasteiger partial charge in [-0.1, -0.05) is 12.1 Å². The van der Waals surface area contributed by atoms with Gasteiger partial charge in [-0.05, 0) is 38.4 Å². The van der Waals surface area contributed by atoms with Crippen LogP contribution in [-0.2, 0) is 9.59 Å². The number of para-hydroxylation sites is 1. The molecule has 2 aromatic rings. The summed E-state index contributed by atoms with van der Waals surface area (Å²) in [5, 5.41) is 14.0. The monoisotopic (exact) mass is 326 g/mol. The molecule has 0 saturated carbocycles. The van der Waals surface area contributed by atoms with Crippen molar-refractivity contribution >= 4 is 17.5 Å². The van der Waals surface area contributed by atoms with Crippen molar-refractivity contribution in [1.29, 1.82) is 5.26 Å². The van der Waals surface area contributed by atoms with E-state index < -0.39 is 11.8 Å². The molecule has 124 valence electrons. The molecule has 0 bridgehead atoms. The van der Waals surface area contributed by atoms with Crippen molar-refractivity contribution in [3.8, 4) is 6.07 Å². The lowest BCUT2D eigenvalue weighted by atomic mass is 10.2. The van der Waals surface area contributed by atoms with Crippen LogP contribution >= 0.6 is 0 Å². The third-order valence-electron chi connectivity index (χ3n) is 3.45. The lowest BCUT2D eigenvalue weighted by molar-refractivity contribution is -0.136. The summed E-state index contributed by atoms with van der Waals surface area (Å²) in [6.45, 7) is 0.215. The minimum Gasteiger partial charge on any atom is -0.468 e. The van der Waals surface area contributed by atoms with Crippen molar-refractivity contribution in [3.05, 3.63) is 54.0 Å². The molecule has 1 aromatic heterocycles. The Hall–Kier alpha value is -3.11. The Bertz CT molecular complexity index is 747. The molecule has 0 unspecified atom stereocenters. The number of carbonyl (C=O) groups excluding carboxylic acids is 2. The molecule has 0 aliphatic carbocycles. The van der Waals surface area contributed by atoms with Gasteiger partial charge in [0, 0.05) is 6.54 Å². The summed E-state index contributed by atoms with van der Waals surface area (Å²) >= 11 is 0. The van der Waals surface area contributed by atoms with Crippen molar-refractivity contribution in [2.45, 2.75) is 6.04 Å². The number of likely N-dealkylation sites (N-methyl/N-ethyl adjacent to an activating group) is 1. The average molecular weight is 326 g/mol. The molecule has 7 heteroatoms. The molecule has 0 radical (unpaired) electrons. The van der Waals surface area contributed by atoms with E-state index in [4.69, 9.17) is 9.68 Å². The van der Waals surface area contributed by atoms with Gasteiger partial charge in [-0.3, -0.25) is 14.5 Å². The fourth-order valence-corrected chi connectivity index (χ4v) is 2.16. The highest BCUT2D eigenvalue weighted by atomic mass is 16.3. The number of hydrogen-bond donors (Lipinski definition) is 2. The maximum Gasteiger partial charge on any atom is 0.313 e. The Morgan fingerprint density at radius 3 is 2.58 bits per heavy atom. The van der Waals surface area contributed by atoms with E-state index >= 15 is 0 Å². The van der Waals surface area contributed by atoms with Crippen molar-refractivity contribution in [1.82, 2.24) is 10.2 Å². The summed E-state index contributed by atoms with van der Waals surface area (Å²) in [5.41, 5.74) is 0.593. The van der Waals surface area contributed by atoms with Crippen LogP contribution in [0.5, 0.6) is 0 Å². The summed E-state index contributed by atoms with van der Waals surface area (Å²) in [6, 6.07) is 11.8. The molecule has 1 atom stereocenters. The molecule has 0 saturated heterocycles. The van der Waals surface area contributed by atoms with Gasteiger partial charge in [0.2, 0.25) is 0 Å². The highest BCUT2D eigenvalue weighted by Crippen LogP contribution is 2.17. The van der Waals surface area contributed by atoms with E-state index in [9.17, 15) is 9.59 Å². The highest BCUT2D eigenvalue weighted by Gasteiger charge is 2.21. The van der Waals surface area contributed by atoms with E-state index in [-0.39, 0.29) is 12.6 Å². The summed E-state index contributed by atoms with van der Waals surface area (Å²) < 4.78 is 5.35. The first-order valence-corrected chi connectivity index (χ1v) is 7.31. The van der Waals surface area contributed by atoms with Crippen LogP contribution in [0.15, 0.2) is 47.1 Å². The number of amides is 2. The molecular formula is C17H18N4O3. The first kappa shape index (κ1) is 17.2. The maximum absolute atomic E-state index is 12.0. The predicted octanol–water partition coefficient (Wildman–Crippen LogP) is 1.51. The van der Waals surface area contributed by atoms with E-state index in [1.165, 1.54) is 0 Å². The fraction of sp³-hybridized carbons (Fsp3) is 0.235.